The van der Waals surface area contributed by atoms with Crippen LogP contribution in [-0.4, -0.2) is 72.5 Å². The molecular formula is C30H44O8. The van der Waals surface area contributed by atoms with Gasteiger partial charge in [0.1, 0.15) is 12.2 Å². The summed E-state index contributed by atoms with van der Waals surface area (Å²) in [7, 11) is 1.62. The van der Waals surface area contributed by atoms with Gasteiger partial charge in [-0.15, -0.1) is 0 Å². The van der Waals surface area contributed by atoms with Crippen LogP contribution in [0.15, 0.2) is 11.6 Å². The summed E-state index contributed by atoms with van der Waals surface area (Å²) in [6, 6.07) is 0. The largest absolute Gasteiger partial charge is 0.457 e. The van der Waals surface area contributed by atoms with Crippen molar-refractivity contribution in [2.45, 2.75) is 128 Å². The fraction of sp³-hybridized carbons (Fsp3) is 0.867. The fourth-order valence-corrected chi connectivity index (χ4v) is 9.69. The summed E-state index contributed by atoms with van der Waals surface area (Å²) in [4.78, 5) is 25.7. The van der Waals surface area contributed by atoms with Crippen LogP contribution in [0.4, 0.5) is 0 Å². The van der Waals surface area contributed by atoms with Crippen molar-refractivity contribution >= 4 is 11.8 Å². The molecule has 5 fully saturated rings. The van der Waals surface area contributed by atoms with Crippen LogP contribution in [0.5, 0.6) is 0 Å². The summed E-state index contributed by atoms with van der Waals surface area (Å²) in [5.41, 5.74) is -0.408. The summed E-state index contributed by atoms with van der Waals surface area (Å²) in [5.74, 6) is -0.212. The van der Waals surface area contributed by atoms with E-state index in [4.69, 9.17) is 23.7 Å². The normalized spacial score (nSPS) is 53.6. The lowest BCUT2D eigenvalue weighted by Gasteiger charge is -2.60. The van der Waals surface area contributed by atoms with Gasteiger partial charge in [-0.1, -0.05) is 25.5 Å². The van der Waals surface area contributed by atoms with Crippen LogP contribution in [0.25, 0.3) is 0 Å². The van der Waals surface area contributed by atoms with E-state index in [9.17, 15) is 14.7 Å². The Kier molecular flexibility index (Phi) is 6.44. The van der Waals surface area contributed by atoms with Gasteiger partial charge in [0, 0.05) is 37.7 Å². The van der Waals surface area contributed by atoms with E-state index in [1.807, 2.05) is 6.92 Å². The van der Waals surface area contributed by atoms with E-state index in [1.165, 1.54) is 12.5 Å². The molecule has 0 spiro atoms. The Balaban J connectivity index is 1.20. The lowest BCUT2D eigenvalue weighted by molar-refractivity contribution is -0.269. The van der Waals surface area contributed by atoms with Gasteiger partial charge in [0.2, 0.25) is 0 Å². The maximum absolute atomic E-state index is 14.2. The van der Waals surface area contributed by atoms with Gasteiger partial charge < -0.3 is 28.8 Å². The minimum atomic E-state index is -0.871. The van der Waals surface area contributed by atoms with Crippen molar-refractivity contribution in [3.05, 3.63) is 11.6 Å². The number of hydrogen-bond donors (Lipinski definition) is 1. The highest BCUT2D eigenvalue weighted by Crippen LogP contribution is 2.70. The third-order valence-electron chi connectivity index (χ3n) is 11.6. The van der Waals surface area contributed by atoms with Gasteiger partial charge in [0.05, 0.1) is 23.9 Å². The molecule has 0 bridgehead atoms. The number of aliphatic hydroxyl groups is 1. The summed E-state index contributed by atoms with van der Waals surface area (Å²) >= 11 is 0. The molecule has 2 aliphatic heterocycles. The first-order valence-corrected chi connectivity index (χ1v) is 14.6. The SMILES string of the molecule is CO[C@@H]1C[C@H](O[C@H]2CC[C@@]3(C)C(=CC[C@@H]4[C@@H]3C(=O)[C@@H]3O[C@H](C)[C@@H]5CC[C@@]4(O)[C@]35C)C2)O[C@H](C)[C@@H]1OC(C)=O. The second kappa shape index (κ2) is 9.10. The molecule has 0 aromatic carbocycles. The first-order chi connectivity index (χ1) is 17.9. The van der Waals surface area contributed by atoms with Crippen molar-refractivity contribution in [3.63, 3.8) is 0 Å². The third-order valence-corrected chi connectivity index (χ3v) is 11.6. The van der Waals surface area contributed by atoms with Crippen molar-refractivity contribution in [2.75, 3.05) is 7.11 Å². The van der Waals surface area contributed by atoms with E-state index in [1.54, 1.807) is 7.11 Å². The average Bonchev–Trinajstić information content (AvgIpc) is 3.30. The van der Waals surface area contributed by atoms with Crippen molar-refractivity contribution < 1.29 is 38.4 Å². The number of carbonyl (C=O) groups excluding carboxylic acids is 2. The number of fused-ring (bicyclic) bond motifs is 4. The first kappa shape index (κ1) is 26.9. The molecule has 0 aromatic rings. The van der Waals surface area contributed by atoms with Gasteiger partial charge in [-0.25, -0.2) is 0 Å². The highest BCUT2D eigenvalue weighted by molar-refractivity contribution is 5.90. The van der Waals surface area contributed by atoms with Crippen molar-refractivity contribution in [1.29, 1.82) is 0 Å². The predicted molar refractivity (Wildman–Crippen MR) is 137 cm³/mol. The van der Waals surface area contributed by atoms with Gasteiger partial charge in [0.15, 0.2) is 18.2 Å². The molecule has 0 amide bonds. The molecule has 8 heteroatoms. The highest BCUT2D eigenvalue weighted by atomic mass is 16.7. The minimum Gasteiger partial charge on any atom is -0.457 e. The molecule has 3 saturated carbocycles. The molecule has 8 nitrogen and oxygen atoms in total. The Hall–Kier alpha value is -1.32. The highest BCUT2D eigenvalue weighted by Gasteiger charge is 2.76. The van der Waals surface area contributed by atoms with Crippen LogP contribution in [0.1, 0.15) is 79.6 Å². The molecule has 38 heavy (non-hydrogen) atoms. The maximum Gasteiger partial charge on any atom is 0.303 e. The number of Topliss-reactive ketones (excluding diaryl/α,β-unsaturated/α-hetero) is 1. The molecule has 4 aliphatic carbocycles. The van der Waals surface area contributed by atoms with Crippen molar-refractivity contribution in [3.8, 4) is 0 Å². The Morgan fingerprint density at radius 2 is 1.87 bits per heavy atom. The first-order valence-electron chi connectivity index (χ1n) is 14.6. The number of hydrogen-bond acceptors (Lipinski definition) is 8. The lowest BCUT2D eigenvalue weighted by Crippen LogP contribution is -2.68. The molecule has 0 unspecified atom stereocenters. The molecule has 6 aliphatic rings. The van der Waals surface area contributed by atoms with Gasteiger partial charge in [-0.05, 0) is 63.7 Å². The average molecular weight is 533 g/mol. The van der Waals surface area contributed by atoms with Crippen molar-refractivity contribution in [1.82, 2.24) is 0 Å². The number of methoxy groups -OCH3 is 1. The Labute approximate surface area is 225 Å². The van der Waals surface area contributed by atoms with Gasteiger partial charge in [0.25, 0.3) is 0 Å². The summed E-state index contributed by atoms with van der Waals surface area (Å²) in [6.07, 6.45) is 5.46. The maximum atomic E-state index is 14.2. The van der Waals surface area contributed by atoms with Gasteiger partial charge in [-0.2, -0.15) is 0 Å². The molecule has 1 N–H and O–H groups in total. The van der Waals surface area contributed by atoms with Crippen LogP contribution >= 0.6 is 0 Å². The molecule has 13 atom stereocenters. The van der Waals surface area contributed by atoms with E-state index >= 15 is 0 Å². The second-order valence-electron chi connectivity index (χ2n) is 13.3. The quantitative estimate of drug-likeness (QED) is 0.432. The summed E-state index contributed by atoms with van der Waals surface area (Å²) < 4.78 is 30.0. The van der Waals surface area contributed by atoms with Crippen LogP contribution in [0.3, 0.4) is 0 Å². The smallest absolute Gasteiger partial charge is 0.303 e. The van der Waals surface area contributed by atoms with Crippen LogP contribution in [-0.2, 0) is 33.3 Å². The topological polar surface area (TPSA) is 101 Å². The fourth-order valence-electron chi connectivity index (χ4n) is 9.69. The molecule has 2 saturated heterocycles. The number of ether oxygens (including phenoxy) is 5. The molecular weight excluding hydrogens is 488 g/mol. The summed E-state index contributed by atoms with van der Waals surface area (Å²) in [6.45, 7) is 9.68. The summed E-state index contributed by atoms with van der Waals surface area (Å²) in [5, 5.41) is 12.3. The number of rotatable bonds is 4. The Morgan fingerprint density at radius 3 is 2.58 bits per heavy atom. The third kappa shape index (κ3) is 3.59. The van der Waals surface area contributed by atoms with Gasteiger partial charge in [-0.3, -0.25) is 9.59 Å². The van der Waals surface area contributed by atoms with Crippen molar-refractivity contribution in [2.24, 2.45) is 28.6 Å². The zero-order chi connectivity index (χ0) is 27.2. The zero-order valence-corrected chi connectivity index (χ0v) is 23.6. The molecule has 6 rings (SSSR count). The van der Waals surface area contributed by atoms with E-state index < -0.39 is 29.5 Å². The van der Waals surface area contributed by atoms with E-state index in [-0.39, 0.29) is 59.3 Å². The van der Waals surface area contributed by atoms with E-state index in [2.05, 4.69) is 26.8 Å². The monoisotopic (exact) mass is 532 g/mol. The predicted octanol–water partition coefficient (Wildman–Crippen LogP) is 3.72. The zero-order valence-electron chi connectivity index (χ0n) is 23.6. The Bertz CT molecular complexity index is 1030. The van der Waals surface area contributed by atoms with Gasteiger partial charge >= 0.3 is 5.97 Å². The number of allylic oxidation sites excluding steroid dienone is 1. The van der Waals surface area contributed by atoms with Crippen LogP contribution in [0, 0.1) is 28.6 Å². The lowest BCUT2D eigenvalue weighted by atomic mass is 9.45. The number of carbonyl (C=O) groups is 2. The number of esters is 1. The minimum absolute atomic E-state index is 0.00163. The number of ketones is 1. The van der Waals surface area contributed by atoms with Crippen LogP contribution < -0.4 is 0 Å². The van der Waals surface area contributed by atoms with Crippen LogP contribution in [0.2, 0.25) is 0 Å². The molecule has 2 heterocycles. The second-order valence-corrected chi connectivity index (χ2v) is 13.3. The molecule has 0 aromatic heterocycles. The van der Waals surface area contributed by atoms with E-state index in [0.29, 0.717) is 6.42 Å². The standard InChI is InChI=1S/C30H44O8/c1-15-20-10-12-30(33)21-8-7-18-13-19(38-23-14-22(34-6)26(16(2)35-23)37-17(3)31)9-11-28(18,4)24(21)25(32)27(36-15)29(20,30)5/h7,15-16,19-24,26-27,33H,8-14H2,1-6H3/t15-,16-,19+,20+,21-,22-,23+,24-,26+,27+,28+,29+,30+/m1/s1. The Morgan fingerprint density at radius 1 is 1.11 bits per heavy atom. The molecule has 212 valence electrons. The van der Waals surface area contributed by atoms with E-state index in [0.717, 1.165) is 38.5 Å². The molecule has 0 radical (unpaired) electrons.